The minimum Gasteiger partial charge on any atom is -0.370 e. The summed E-state index contributed by atoms with van der Waals surface area (Å²) in [6.45, 7) is 2.17. The summed E-state index contributed by atoms with van der Waals surface area (Å²) >= 11 is 1.99. The molecule has 18 heavy (non-hydrogen) atoms. The zero-order valence-electron chi connectivity index (χ0n) is 9.97. The average molecular weight is 255 g/mol. The molecule has 0 N–H and O–H groups in total. The van der Waals surface area contributed by atoms with Crippen molar-refractivity contribution in [2.45, 2.75) is 0 Å². The van der Waals surface area contributed by atoms with Crippen LogP contribution in [0.15, 0.2) is 29.8 Å². The summed E-state index contributed by atoms with van der Waals surface area (Å²) in [5, 5.41) is 17.4. The van der Waals surface area contributed by atoms with Crippen molar-refractivity contribution < 1.29 is 0 Å². The third-order valence-corrected chi connectivity index (χ3v) is 3.76. The Kier molecular flexibility index (Phi) is 4.28. The van der Waals surface area contributed by atoms with Crippen LogP contribution < -0.4 is 4.90 Å². The van der Waals surface area contributed by atoms with Gasteiger partial charge in [-0.3, -0.25) is 0 Å². The van der Waals surface area contributed by atoms with Crippen LogP contribution in [-0.4, -0.2) is 24.6 Å². The molecular formula is C14H13N3S. The normalized spacial score (nSPS) is 14.4. The molecule has 0 atom stereocenters. The highest BCUT2D eigenvalue weighted by Gasteiger charge is 2.10. The van der Waals surface area contributed by atoms with Gasteiger partial charge in [-0.15, -0.1) is 0 Å². The van der Waals surface area contributed by atoms with E-state index in [2.05, 4.69) is 4.90 Å². The molecule has 90 valence electrons. The first kappa shape index (κ1) is 12.5. The van der Waals surface area contributed by atoms with Gasteiger partial charge in [0.15, 0.2) is 0 Å². The molecule has 0 aromatic heterocycles. The molecule has 1 heterocycles. The molecule has 0 bridgehead atoms. The first-order valence-electron chi connectivity index (χ1n) is 5.78. The van der Waals surface area contributed by atoms with Crippen molar-refractivity contribution in [3.05, 3.63) is 35.4 Å². The fourth-order valence-corrected chi connectivity index (χ4v) is 2.76. The molecule has 1 aliphatic heterocycles. The highest BCUT2D eigenvalue weighted by molar-refractivity contribution is 7.99. The van der Waals surface area contributed by atoms with E-state index in [9.17, 15) is 0 Å². The van der Waals surface area contributed by atoms with Crippen LogP contribution in [0.25, 0.3) is 6.08 Å². The standard InChI is InChI=1S/C14H13N3S/c15-10-13(11-16)9-12-1-3-14(4-2-12)17-5-7-18-8-6-17/h1-4,9H,5-8H2. The van der Waals surface area contributed by atoms with Crippen molar-refractivity contribution in [2.24, 2.45) is 0 Å². The number of thioether (sulfide) groups is 1. The van der Waals surface area contributed by atoms with Crippen LogP contribution in [0, 0.1) is 22.7 Å². The number of anilines is 1. The van der Waals surface area contributed by atoms with Crippen LogP contribution in [-0.2, 0) is 0 Å². The second-order valence-corrected chi connectivity index (χ2v) is 5.20. The van der Waals surface area contributed by atoms with Crippen LogP contribution in [0.5, 0.6) is 0 Å². The van der Waals surface area contributed by atoms with E-state index in [1.165, 1.54) is 17.2 Å². The smallest absolute Gasteiger partial charge is 0.130 e. The average Bonchev–Trinajstić information content (AvgIpc) is 2.46. The fourth-order valence-electron chi connectivity index (χ4n) is 1.86. The first-order chi connectivity index (χ1) is 8.83. The van der Waals surface area contributed by atoms with Gasteiger partial charge in [0, 0.05) is 30.3 Å². The van der Waals surface area contributed by atoms with Crippen molar-refractivity contribution in [3.63, 3.8) is 0 Å². The summed E-state index contributed by atoms with van der Waals surface area (Å²) in [5.74, 6) is 2.35. The Morgan fingerprint density at radius 1 is 1.11 bits per heavy atom. The highest BCUT2D eigenvalue weighted by atomic mass is 32.2. The molecule has 0 unspecified atom stereocenters. The lowest BCUT2D eigenvalue weighted by Gasteiger charge is -2.28. The quantitative estimate of drug-likeness (QED) is 0.762. The molecule has 0 radical (unpaired) electrons. The second kappa shape index (κ2) is 6.14. The zero-order valence-corrected chi connectivity index (χ0v) is 10.8. The lowest BCUT2D eigenvalue weighted by atomic mass is 10.1. The minimum atomic E-state index is 0.136. The molecule has 2 rings (SSSR count). The fraction of sp³-hybridized carbons (Fsp3) is 0.286. The monoisotopic (exact) mass is 255 g/mol. The molecule has 1 aromatic rings. The zero-order chi connectivity index (χ0) is 12.8. The number of nitriles is 2. The van der Waals surface area contributed by atoms with Gasteiger partial charge in [0.2, 0.25) is 0 Å². The summed E-state index contributed by atoms with van der Waals surface area (Å²) in [6.07, 6.45) is 1.61. The SMILES string of the molecule is N#CC(C#N)=Cc1ccc(N2CCSCC2)cc1. The Balaban J connectivity index is 2.13. The Labute approximate surface area is 111 Å². The molecule has 1 aliphatic rings. The van der Waals surface area contributed by atoms with Crippen LogP contribution in [0.3, 0.4) is 0 Å². The summed E-state index contributed by atoms with van der Waals surface area (Å²) in [7, 11) is 0. The number of hydrogen-bond acceptors (Lipinski definition) is 4. The van der Waals surface area contributed by atoms with Gasteiger partial charge in [-0.1, -0.05) is 12.1 Å². The Hall–Kier alpha value is -1.91. The van der Waals surface area contributed by atoms with Crippen molar-refractivity contribution in [2.75, 3.05) is 29.5 Å². The van der Waals surface area contributed by atoms with Gasteiger partial charge in [-0.2, -0.15) is 22.3 Å². The minimum absolute atomic E-state index is 0.136. The Morgan fingerprint density at radius 2 is 1.72 bits per heavy atom. The van der Waals surface area contributed by atoms with Gasteiger partial charge >= 0.3 is 0 Å². The van der Waals surface area contributed by atoms with Gasteiger partial charge in [-0.05, 0) is 23.8 Å². The predicted octanol–water partition coefficient (Wildman–Crippen LogP) is 2.67. The molecule has 0 saturated carbocycles. The summed E-state index contributed by atoms with van der Waals surface area (Å²) < 4.78 is 0. The van der Waals surface area contributed by atoms with Crippen LogP contribution in [0.4, 0.5) is 5.69 Å². The summed E-state index contributed by atoms with van der Waals surface area (Å²) in [4.78, 5) is 2.36. The number of rotatable bonds is 2. The number of allylic oxidation sites excluding steroid dienone is 1. The molecule has 0 amide bonds. The topological polar surface area (TPSA) is 50.8 Å². The molecular weight excluding hydrogens is 242 g/mol. The number of nitrogens with zero attached hydrogens (tertiary/aromatic N) is 3. The molecule has 1 aromatic carbocycles. The van der Waals surface area contributed by atoms with E-state index in [1.807, 2.05) is 48.2 Å². The highest BCUT2D eigenvalue weighted by Crippen LogP contribution is 2.20. The van der Waals surface area contributed by atoms with E-state index in [1.54, 1.807) is 6.08 Å². The lowest BCUT2D eigenvalue weighted by molar-refractivity contribution is 0.859. The maximum Gasteiger partial charge on any atom is 0.130 e. The van der Waals surface area contributed by atoms with E-state index in [0.29, 0.717) is 0 Å². The van der Waals surface area contributed by atoms with Crippen molar-refractivity contribution in [1.82, 2.24) is 0 Å². The predicted molar refractivity (Wildman–Crippen MR) is 75.2 cm³/mol. The van der Waals surface area contributed by atoms with Crippen molar-refractivity contribution in [1.29, 1.82) is 10.5 Å². The van der Waals surface area contributed by atoms with Crippen LogP contribution in [0.1, 0.15) is 5.56 Å². The Morgan fingerprint density at radius 3 is 2.28 bits per heavy atom. The van der Waals surface area contributed by atoms with Gasteiger partial charge in [0.1, 0.15) is 17.7 Å². The van der Waals surface area contributed by atoms with E-state index in [4.69, 9.17) is 10.5 Å². The van der Waals surface area contributed by atoms with Gasteiger partial charge in [-0.25, -0.2) is 0 Å². The number of hydrogen-bond donors (Lipinski definition) is 0. The van der Waals surface area contributed by atoms with Crippen molar-refractivity contribution >= 4 is 23.5 Å². The van der Waals surface area contributed by atoms with Gasteiger partial charge in [0.25, 0.3) is 0 Å². The molecule has 0 aliphatic carbocycles. The van der Waals surface area contributed by atoms with E-state index < -0.39 is 0 Å². The maximum absolute atomic E-state index is 8.69. The van der Waals surface area contributed by atoms with Crippen LogP contribution in [0.2, 0.25) is 0 Å². The van der Waals surface area contributed by atoms with E-state index in [0.717, 1.165) is 18.7 Å². The maximum atomic E-state index is 8.69. The summed E-state index contributed by atoms with van der Waals surface area (Å²) in [6, 6.07) is 11.7. The van der Waals surface area contributed by atoms with Crippen molar-refractivity contribution in [3.8, 4) is 12.1 Å². The third-order valence-electron chi connectivity index (χ3n) is 2.82. The first-order valence-corrected chi connectivity index (χ1v) is 6.93. The lowest BCUT2D eigenvalue weighted by Crippen LogP contribution is -2.32. The molecule has 1 saturated heterocycles. The van der Waals surface area contributed by atoms with Gasteiger partial charge < -0.3 is 4.90 Å². The summed E-state index contributed by atoms with van der Waals surface area (Å²) in [5.41, 5.74) is 2.24. The molecule has 3 nitrogen and oxygen atoms in total. The molecule has 4 heteroatoms. The van der Waals surface area contributed by atoms with Crippen LogP contribution >= 0.6 is 11.8 Å². The molecule has 0 spiro atoms. The largest absolute Gasteiger partial charge is 0.370 e. The molecule has 1 fully saturated rings. The Bertz CT molecular complexity index is 497. The van der Waals surface area contributed by atoms with E-state index >= 15 is 0 Å². The number of benzene rings is 1. The van der Waals surface area contributed by atoms with Gasteiger partial charge in [0.05, 0.1) is 0 Å². The second-order valence-electron chi connectivity index (χ2n) is 3.97. The van der Waals surface area contributed by atoms with E-state index in [-0.39, 0.29) is 5.57 Å². The third kappa shape index (κ3) is 3.06.